The average Bonchev–Trinajstić information content (AvgIpc) is 2.53. The van der Waals surface area contributed by atoms with Gasteiger partial charge < -0.3 is 16.8 Å². The minimum Gasteiger partial charge on any atom is -0.369 e. The first kappa shape index (κ1) is 19.1. The fraction of sp³-hybridized carbons (Fsp3) is 0.571. The molecule has 0 atom stereocenters. The fourth-order valence-corrected chi connectivity index (χ4v) is 4.59. The summed E-state index contributed by atoms with van der Waals surface area (Å²) in [5.41, 5.74) is 10.7. The molecule has 0 unspecified atom stereocenters. The van der Waals surface area contributed by atoms with Crippen molar-refractivity contribution in [1.82, 2.24) is 9.71 Å². The molecule has 6 N–H and O–H groups in total. The van der Waals surface area contributed by atoms with E-state index in [9.17, 15) is 13.2 Å². The maximum atomic E-state index is 12.5. The van der Waals surface area contributed by atoms with E-state index in [0.717, 1.165) is 0 Å². The lowest BCUT2D eigenvalue weighted by Crippen LogP contribution is -2.39. The second-order valence-corrected chi connectivity index (χ2v) is 8.36. The Kier molecular flexibility index (Phi) is 6.55. The highest BCUT2D eigenvalue weighted by molar-refractivity contribution is 9.10. The minimum absolute atomic E-state index is 0.0877. The summed E-state index contributed by atoms with van der Waals surface area (Å²) >= 11 is 3.31. The molecule has 0 aromatic carbocycles. The summed E-state index contributed by atoms with van der Waals surface area (Å²) in [4.78, 5) is 15.4. The van der Waals surface area contributed by atoms with E-state index in [4.69, 9.17) is 11.5 Å². The number of carbonyl (C=O) groups excluding carboxylic acids is 1. The van der Waals surface area contributed by atoms with Crippen molar-refractivity contribution in [3.63, 3.8) is 0 Å². The van der Waals surface area contributed by atoms with Gasteiger partial charge in [-0.1, -0.05) is 0 Å². The van der Waals surface area contributed by atoms with E-state index in [2.05, 4.69) is 31.0 Å². The summed E-state index contributed by atoms with van der Waals surface area (Å²) < 4.78 is 28.2. The molecule has 1 amide bonds. The third kappa shape index (κ3) is 4.88. The van der Waals surface area contributed by atoms with Crippen LogP contribution >= 0.6 is 15.9 Å². The Morgan fingerprint density at radius 1 is 1.33 bits per heavy atom. The van der Waals surface area contributed by atoms with Crippen LogP contribution in [-0.4, -0.2) is 38.4 Å². The molecule has 0 spiro atoms. The number of nitrogens with one attached hydrogen (secondary N) is 2. The molecule has 1 aliphatic rings. The van der Waals surface area contributed by atoms with Crippen LogP contribution in [0.3, 0.4) is 0 Å². The number of nitrogens with zero attached hydrogens (tertiary/aromatic N) is 1. The van der Waals surface area contributed by atoms with E-state index in [1.54, 1.807) is 0 Å². The Balaban J connectivity index is 2.03. The maximum absolute atomic E-state index is 12.5. The highest BCUT2D eigenvalue weighted by Crippen LogP contribution is 2.26. The predicted molar refractivity (Wildman–Crippen MR) is 94.7 cm³/mol. The first-order valence-corrected chi connectivity index (χ1v) is 10.0. The molecule has 8 nitrogen and oxygen atoms in total. The number of hydrogen-bond donors (Lipinski definition) is 4. The predicted octanol–water partition coefficient (Wildman–Crippen LogP) is 0.537. The SMILES string of the molecule is NCCNc1ncc(S(=O)(=O)NC2CCC(C(N)=O)CC2)cc1Br. The van der Waals surface area contributed by atoms with Crippen LogP contribution in [0.15, 0.2) is 21.6 Å². The number of aromatic nitrogens is 1. The Bertz CT molecular complexity index is 690. The number of amides is 1. The van der Waals surface area contributed by atoms with Crippen molar-refractivity contribution in [1.29, 1.82) is 0 Å². The largest absolute Gasteiger partial charge is 0.369 e. The number of hydrogen-bond acceptors (Lipinski definition) is 6. The quantitative estimate of drug-likeness (QED) is 0.508. The van der Waals surface area contributed by atoms with E-state index >= 15 is 0 Å². The van der Waals surface area contributed by atoms with Crippen molar-refractivity contribution >= 4 is 37.7 Å². The normalized spacial score (nSPS) is 21.4. The molecule has 0 aliphatic heterocycles. The van der Waals surface area contributed by atoms with Gasteiger partial charge in [-0.2, -0.15) is 0 Å². The lowest BCUT2D eigenvalue weighted by Gasteiger charge is -2.27. The number of rotatable bonds is 7. The Morgan fingerprint density at radius 2 is 2.00 bits per heavy atom. The maximum Gasteiger partial charge on any atom is 0.242 e. The molecule has 2 rings (SSSR count). The van der Waals surface area contributed by atoms with Crippen LogP contribution in [0.25, 0.3) is 0 Å². The lowest BCUT2D eigenvalue weighted by molar-refractivity contribution is -0.122. The fourth-order valence-electron chi connectivity index (χ4n) is 2.67. The van der Waals surface area contributed by atoms with Crippen molar-refractivity contribution in [3.05, 3.63) is 16.7 Å². The smallest absolute Gasteiger partial charge is 0.242 e. The van der Waals surface area contributed by atoms with Gasteiger partial charge in [0.2, 0.25) is 15.9 Å². The van der Waals surface area contributed by atoms with Crippen LogP contribution < -0.4 is 21.5 Å². The van der Waals surface area contributed by atoms with Gasteiger partial charge in [-0.3, -0.25) is 4.79 Å². The van der Waals surface area contributed by atoms with Gasteiger partial charge in [-0.15, -0.1) is 0 Å². The molecule has 0 bridgehead atoms. The lowest BCUT2D eigenvalue weighted by atomic mass is 9.86. The second-order valence-electron chi connectivity index (χ2n) is 5.79. The van der Waals surface area contributed by atoms with Crippen molar-refractivity contribution in [2.75, 3.05) is 18.4 Å². The van der Waals surface area contributed by atoms with Gasteiger partial charge in [0.15, 0.2) is 0 Å². The summed E-state index contributed by atoms with van der Waals surface area (Å²) in [6, 6.07) is 1.31. The monoisotopic (exact) mass is 419 g/mol. The molecule has 24 heavy (non-hydrogen) atoms. The Morgan fingerprint density at radius 3 is 2.54 bits per heavy atom. The summed E-state index contributed by atoms with van der Waals surface area (Å²) in [5, 5.41) is 3.00. The van der Waals surface area contributed by atoms with E-state index < -0.39 is 10.0 Å². The number of pyridine rings is 1. The molecule has 1 aliphatic carbocycles. The Hall–Kier alpha value is -1.23. The molecule has 0 radical (unpaired) electrons. The van der Waals surface area contributed by atoms with Crippen LogP contribution in [0.1, 0.15) is 25.7 Å². The van der Waals surface area contributed by atoms with Crippen molar-refractivity contribution < 1.29 is 13.2 Å². The van der Waals surface area contributed by atoms with Crippen LogP contribution in [-0.2, 0) is 14.8 Å². The molecule has 134 valence electrons. The molecule has 1 aromatic heterocycles. The Labute approximate surface area is 149 Å². The van der Waals surface area contributed by atoms with Crippen LogP contribution in [0.5, 0.6) is 0 Å². The van der Waals surface area contributed by atoms with Gasteiger partial charge in [0.05, 0.1) is 4.47 Å². The van der Waals surface area contributed by atoms with Crippen LogP contribution in [0.2, 0.25) is 0 Å². The van der Waals surface area contributed by atoms with E-state index in [-0.39, 0.29) is 22.8 Å². The zero-order valence-corrected chi connectivity index (χ0v) is 15.6. The molecule has 1 saturated carbocycles. The minimum atomic E-state index is -3.67. The third-order valence-corrected chi connectivity index (χ3v) is 6.11. The summed E-state index contributed by atoms with van der Waals surface area (Å²) in [6.45, 7) is 0.989. The summed E-state index contributed by atoms with van der Waals surface area (Å²) in [5.74, 6) is 0.0702. The zero-order valence-electron chi connectivity index (χ0n) is 13.2. The molecule has 10 heteroatoms. The number of halogens is 1. The van der Waals surface area contributed by atoms with E-state index in [1.165, 1.54) is 12.3 Å². The van der Waals surface area contributed by atoms with E-state index in [0.29, 0.717) is 49.1 Å². The zero-order chi connectivity index (χ0) is 17.7. The van der Waals surface area contributed by atoms with Gasteiger partial charge in [-0.25, -0.2) is 18.1 Å². The number of sulfonamides is 1. The topological polar surface area (TPSA) is 140 Å². The number of nitrogens with two attached hydrogens (primary N) is 2. The van der Waals surface area contributed by atoms with Gasteiger partial charge in [-0.05, 0) is 47.7 Å². The summed E-state index contributed by atoms with van der Waals surface area (Å²) in [7, 11) is -3.67. The van der Waals surface area contributed by atoms with Crippen LogP contribution in [0.4, 0.5) is 5.82 Å². The second kappa shape index (κ2) is 8.24. The number of carbonyl (C=O) groups is 1. The van der Waals surface area contributed by atoms with Crippen molar-refractivity contribution in [2.24, 2.45) is 17.4 Å². The van der Waals surface area contributed by atoms with Crippen LogP contribution in [0, 0.1) is 5.92 Å². The van der Waals surface area contributed by atoms with Gasteiger partial charge in [0.25, 0.3) is 0 Å². The molecular formula is C14H22BrN5O3S. The molecule has 1 aromatic rings. The molecule has 0 saturated heterocycles. The van der Waals surface area contributed by atoms with Crippen molar-refractivity contribution in [2.45, 2.75) is 36.6 Å². The number of anilines is 1. The van der Waals surface area contributed by atoms with Gasteiger partial charge >= 0.3 is 0 Å². The van der Waals surface area contributed by atoms with Crippen molar-refractivity contribution in [3.8, 4) is 0 Å². The molecule has 1 fully saturated rings. The first-order valence-electron chi connectivity index (χ1n) is 7.74. The average molecular weight is 420 g/mol. The highest BCUT2D eigenvalue weighted by Gasteiger charge is 2.28. The highest BCUT2D eigenvalue weighted by atomic mass is 79.9. The van der Waals surface area contributed by atoms with Gasteiger partial charge in [0, 0.05) is 31.2 Å². The third-order valence-electron chi connectivity index (χ3n) is 4.01. The molecular weight excluding hydrogens is 398 g/mol. The van der Waals surface area contributed by atoms with E-state index in [1.807, 2.05) is 0 Å². The first-order chi connectivity index (χ1) is 11.3. The summed E-state index contributed by atoms with van der Waals surface area (Å²) in [6.07, 6.45) is 3.70. The molecule has 1 heterocycles. The number of primary amides is 1. The standard InChI is InChI=1S/C14H22BrN5O3S/c15-12-7-11(8-19-14(12)18-6-5-16)24(22,23)20-10-3-1-9(2-4-10)13(17)21/h7-10,20H,1-6,16H2,(H2,17,21)(H,18,19). The van der Waals surface area contributed by atoms with Gasteiger partial charge in [0.1, 0.15) is 10.7 Å².